The first kappa shape index (κ1) is 12.7. The number of methoxy groups -OCH3 is 1. The van der Waals surface area contributed by atoms with Gasteiger partial charge in [-0.05, 0) is 22.9 Å². The van der Waals surface area contributed by atoms with Crippen molar-refractivity contribution in [3.05, 3.63) is 16.5 Å². The predicted octanol–water partition coefficient (Wildman–Crippen LogP) is 1.76. The molecule has 6 heteroatoms. The minimum atomic E-state index is -0.231. The molecule has 0 spiro atoms. The van der Waals surface area contributed by atoms with Crippen molar-refractivity contribution in [2.75, 3.05) is 32.2 Å². The summed E-state index contributed by atoms with van der Waals surface area (Å²) in [5.41, 5.74) is -0.231. The van der Waals surface area contributed by atoms with Gasteiger partial charge in [0.05, 0.1) is 6.61 Å². The van der Waals surface area contributed by atoms with Crippen LogP contribution < -0.4 is 5.32 Å². The van der Waals surface area contributed by atoms with Crippen molar-refractivity contribution in [2.24, 2.45) is 0 Å². The summed E-state index contributed by atoms with van der Waals surface area (Å²) in [6.45, 7) is 3.93. The Balaban J connectivity index is 2.01. The van der Waals surface area contributed by atoms with Crippen LogP contribution in [-0.4, -0.2) is 42.4 Å². The number of ether oxygens (including phenoxy) is 2. The quantitative estimate of drug-likeness (QED) is 0.859. The summed E-state index contributed by atoms with van der Waals surface area (Å²) in [7, 11) is 1.72. The second-order valence-corrected chi connectivity index (χ2v) is 4.98. The average molecular weight is 302 g/mol. The van der Waals surface area contributed by atoms with Gasteiger partial charge in [0.15, 0.2) is 0 Å². The van der Waals surface area contributed by atoms with Gasteiger partial charge in [-0.2, -0.15) is 0 Å². The number of halogens is 1. The van der Waals surface area contributed by atoms with Gasteiger partial charge in [0.2, 0.25) is 0 Å². The van der Waals surface area contributed by atoms with Crippen molar-refractivity contribution in [2.45, 2.75) is 18.9 Å². The van der Waals surface area contributed by atoms with Gasteiger partial charge in [0.1, 0.15) is 21.8 Å². The summed E-state index contributed by atoms with van der Waals surface area (Å²) in [4.78, 5) is 8.47. The SMILES string of the molecule is COC1(CNc2cc(Br)nc(C)n2)CCOC1. The van der Waals surface area contributed by atoms with Crippen molar-refractivity contribution in [3.63, 3.8) is 0 Å². The van der Waals surface area contributed by atoms with E-state index in [1.807, 2.05) is 13.0 Å². The van der Waals surface area contributed by atoms with Gasteiger partial charge < -0.3 is 14.8 Å². The van der Waals surface area contributed by atoms with Crippen LogP contribution in [0.15, 0.2) is 10.7 Å². The lowest BCUT2D eigenvalue weighted by atomic mass is 10.0. The Hall–Kier alpha value is -0.720. The third-order valence-corrected chi connectivity index (χ3v) is 3.30. The molecule has 1 N–H and O–H groups in total. The number of nitrogens with zero attached hydrogens (tertiary/aromatic N) is 2. The fourth-order valence-corrected chi connectivity index (χ4v) is 2.31. The standard InChI is InChI=1S/C11H16BrN3O2/c1-8-14-9(12)5-10(15-8)13-6-11(16-2)3-4-17-7-11/h5H,3-4,6-7H2,1-2H3,(H,13,14,15). The Morgan fingerprint density at radius 1 is 1.59 bits per heavy atom. The zero-order valence-corrected chi connectivity index (χ0v) is 11.6. The van der Waals surface area contributed by atoms with E-state index < -0.39 is 0 Å². The van der Waals surface area contributed by atoms with Gasteiger partial charge in [-0.1, -0.05) is 0 Å². The largest absolute Gasteiger partial charge is 0.378 e. The number of hydrogen-bond donors (Lipinski definition) is 1. The van der Waals surface area contributed by atoms with Gasteiger partial charge in [-0.15, -0.1) is 0 Å². The summed E-state index contributed by atoms with van der Waals surface area (Å²) in [6, 6.07) is 1.85. The third kappa shape index (κ3) is 3.14. The molecular formula is C11H16BrN3O2. The number of aryl methyl sites for hydroxylation is 1. The second kappa shape index (κ2) is 5.29. The molecule has 1 aromatic heterocycles. The van der Waals surface area contributed by atoms with Crippen LogP contribution in [0.4, 0.5) is 5.82 Å². The van der Waals surface area contributed by atoms with E-state index in [0.29, 0.717) is 13.2 Å². The minimum Gasteiger partial charge on any atom is -0.378 e. The first-order chi connectivity index (χ1) is 8.13. The van der Waals surface area contributed by atoms with Crippen LogP contribution in [-0.2, 0) is 9.47 Å². The molecule has 0 aliphatic carbocycles. The zero-order valence-electron chi connectivity index (χ0n) is 9.99. The minimum absolute atomic E-state index is 0.231. The van der Waals surface area contributed by atoms with E-state index in [4.69, 9.17) is 9.47 Å². The molecule has 2 heterocycles. The zero-order chi connectivity index (χ0) is 12.3. The fraction of sp³-hybridized carbons (Fsp3) is 0.636. The molecule has 0 aromatic carbocycles. The maximum atomic E-state index is 5.54. The molecule has 1 unspecified atom stereocenters. The maximum Gasteiger partial charge on any atom is 0.130 e. The normalized spacial score (nSPS) is 23.9. The van der Waals surface area contributed by atoms with Crippen LogP contribution in [0.2, 0.25) is 0 Å². The Bertz CT molecular complexity index is 374. The number of hydrogen-bond acceptors (Lipinski definition) is 5. The molecule has 17 heavy (non-hydrogen) atoms. The van der Waals surface area contributed by atoms with E-state index in [1.54, 1.807) is 7.11 Å². The van der Waals surface area contributed by atoms with Crippen molar-refractivity contribution in [3.8, 4) is 0 Å². The van der Waals surface area contributed by atoms with Crippen LogP contribution in [0, 0.1) is 6.92 Å². The Labute approximate surface area is 109 Å². The Morgan fingerprint density at radius 3 is 3.00 bits per heavy atom. The Morgan fingerprint density at radius 2 is 2.41 bits per heavy atom. The topological polar surface area (TPSA) is 56.3 Å². The van der Waals surface area contributed by atoms with Gasteiger partial charge in [-0.25, -0.2) is 9.97 Å². The van der Waals surface area contributed by atoms with Crippen LogP contribution >= 0.6 is 15.9 Å². The van der Waals surface area contributed by atoms with Crippen LogP contribution in [0.5, 0.6) is 0 Å². The fourth-order valence-electron chi connectivity index (χ4n) is 1.83. The molecule has 94 valence electrons. The molecule has 0 saturated carbocycles. The van der Waals surface area contributed by atoms with Crippen LogP contribution in [0.1, 0.15) is 12.2 Å². The maximum absolute atomic E-state index is 5.54. The number of aromatic nitrogens is 2. The second-order valence-electron chi connectivity index (χ2n) is 4.17. The number of anilines is 1. The van der Waals surface area contributed by atoms with Crippen molar-refractivity contribution >= 4 is 21.7 Å². The lowest BCUT2D eigenvalue weighted by Crippen LogP contribution is -2.39. The van der Waals surface area contributed by atoms with E-state index in [0.717, 1.165) is 29.3 Å². The molecule has 1 aliphatic heterocycles. The monoisotopic (exact) mass is 301 g/mol. The molecule has 5 nitrogen and oxygen atoms in total. The van der Waals surface area contributed by atoms with Crippen LogP contribution in [0.25, 0.3) is 0 Å². The third-order valence-electron chi connectivity index (χ3n) is 2.90. The van der Waals surface area contributed by atoms with Crippen molar-refractivity contribution < 1.29 is 9.47 Å². The summed E-state index contributed by atoms with van der Waals surface area (Å²) in [5, 5.41) is 3.27. The van der Waals surface area contributed by atoms with Gasteiger partial charge >= 0.3 is 0 Å². The summed E-state index contributed by atoms with van der Waals surface area (Å²) >= 11 is 3.35. The molecule has 1 aliphatic rings. The summed E-state index contributed by atoms with van der Waals surface area (Å²) < 4.78 is 11.7. The van der Waals surface area contributed by atoms with Gasteiger partial charge in [-0.3, -0.25) is 0 Å². The van der Waals surface area contributed by atoms with E-state index >= 15 is 0 Å². The highest BCUT2D eigenvalue weighted by Gasteiger charge is 2.34. The highest BCUT2D eigenvalue weighted by Crippen LogP contribution is 2.23. The smallest absolute Gasteiger partial charge is 0.130 e. The Kier molecular flexibility index (Phi) is 3.96. The molecule has 1 fully saturated rings. The molecule has 0 radical (unpaired) electrons. The van der Waals surface area contributed by atoms with E-state index in [-0.39, 0.29) is 5.60 Å². The summed E-state index contributed by atoms with van der Waals surface area (Å²) in [5.74, 6) is 1.53. The van der Waals surface area contributed by atoms with E-state index in [1.165, 1.54) is 0 Å². The number of rotatable bonds is 4. The van der Waals surface area contributed by atoms with Crippen molar-refractivity contribution in [1.82, 2.24) is 9.97 Å². The molecule has 1 atom stereocenters. The molecule has 2 rings (SSSR count). The highest BCUT2D eigenvalue weighted by molar-refractivity contribution is 9.10. The average Bonchev–Trinajstić information content (AvgIpc) is 2.74. The number of nitrogens with one attached hydrogen (secondary N) is 1. The van der Waals surface area contributed by atoms with E-state index in [2.05, 4.69) is 31.2 Å². The predicted molar refractivity (Wildman–Crippen MR) is 68.1 cm³/mol. The molecule has 1 aromatic rings. The summed E-state index contributed by atoms with van der Waals surface area (Å²) in [6.07, 6.45) is 0.904. The molecule has 0 bridgehead atoms. The van der Waals surface area contributed by atoms with Gasteiger partial charge in [0.25, 0.3) is 0 Å². The highest BCUT2D eigenvalue weighted by atomic mass is 79.9. The first-order valence-electron chi connectivity index (χ1n) is 5.51. The first-order valence-corrected chi connectivity index (χ1v) is 6.31. The van der Waals surface area contributed by atoms with Gasteiger partial charge in [0, 0.05) is 32.7 Å². The van der Waals surface area contributed by atoms with Crippen LogP contribution in [0.3, 0.4) is 0 Å². The lowest BCUT2D eigenvalue weighted by molar-refractivity contribution is -0.00625. The lowest BCUT2D eigenvalue weighted by Gasteiger charge is -2.26. The molecular weight excluding hydrogens is 286 g/mol. The molecule has 1 saturated heterocycles. The molecule has 0 amide bonds. The van der Waals surface area contributed by atoms with Crippen molar-refractivity contribution in [1.29, 1.82) is 0 Å². The van der Waals surface area contributed by atoms with E-state index in [9.17, 15) is 0 Å².